The molecule has 0 N–H and O–H groups in total. The first-order valence-corrected chi connectivity index (χ1v) is 35.0. The van der Waals surface area contributed by atoms with Gasteiger partial charge in [-0.1, -0.05) is 171 Å². The van der Waals surface area contributed by atoms with Gasteiger partial charge in [-0.3, -0.25) is 0 Å². The van der Waals surface area contributed by atoms with Gasteiger partial charge in [0.25, 0.3) is 0 Å². The summed E-state index contributed by atoms with van der Waals surface area (Å²) >= 11 is 3.48. The molecule has 0 radical (unpaired) electrons. The van der Waals surface area contributed by atoms with E-state index >= 15 is 0 Å². The molecule has 68 heavy (non-hydrogen) atoms. The first-order chi connectivity index (χ1) is 32.0. The van der Waals surface area contributed by atoms with Crippen molar-refractivity contribution in [1.82, 2.24) is 0 Å². The van der Waals surface area contributed by atoms with Crippen LogP contribution in [0.1, 0.15) is 11.1 Å². The molecule has 0 unspecified atom stereocenters. The van der Waals surface area contributed by atoms with Crippen molar-refractivity contribution in [2.24, 2.45) is 0 Å². The number of fused-ring (bicyclic) bond motifs is 8. The second-order valence-electron chi connectivity index (χ2n) is 17.1. The van der Waals surface area contributed by atoms with Gasteiger partial charge in [0.2, 0.25) is 0 Å². The molecular weight excluding hydrogens is 1050 g/mol. The van der Waals surface area contributed by atoms with E-state index in [-0.39, 0.29) is 35.7 Å². The molecule has 12 aromatic carbocycles. The van der Waals surface area contributed by atoms with Crippen LogP contribution in [-0.4, -0.2) is 10.9 Å². The van der Waals surface area contributed by atoms with Gasteiger partial charge in [-0.05, 0) is 11.1 Å². The largest absolute Gasteiger partial charge is 1.00 e. The molecule has 336 valence electrons. The normalized spacial score (nSPS) is 10.1. The van der Waals surface area contributed by atoms with E-state index in [1.165, 1.54) is 98.0 Å². The van der Waals surface area contributed by atoms with Crippen LogP contribution in [0.5, 0.6) is 0 Å². The summed E-state index contributed by atoms with van der Waals surface area (Å²) in [6.45, 7) is 13.5. The van der Waals surface area contributed by atoms with E-state index in [9.17, 15) is 0 Å². The van der Waals surface area contributed by atoms with E-state index < -0.39 is 0 Å². The molecule has 0 aliphatic heterocycles. The van der Waals surface area contributed by atoms with Crippen LogP contribution >= 0.6 is 0 Å². The minimum Gasteiger partial charge on any atom is -1.00 e. The predicted octanol–water partition coefficient (Wildman–Crippen LogP) is 12.1. The second kappa shape index (κ2) is 27.0. The van der Waals surface area contributed by atoms with Crippen LogP contribution in [0.15, 0.2) is 231 Å². The fourth-order valence-corrected chi connectivity index (χ4v) is 8.32. The Bertz CT molecular complexity index is 3140. The number of rotatable bonds is 2. The van der Waals surface area contributed by atoms with Crippen LogP contribution in [-0.2, 0) is 46.7 Å². The quantitative estimate of drug-likeness (QED) is 0.120. The zero-order valence-electron chi connectivity index (χ0n) is 39.7. The Morgan fingerprint density at radius 1 is 0.294 bits per heavy atom. The molecule has 0 bridgehead atoms. The number of benzene rings is 8. The van der Waals surface area contributed by atoms with Gasteiger partial charge in [-0.15, -0.1) is 149 Å². The third kappa shape index (κ3) is 14.8. The van der Waals surface area contributed by atoms with Crippen molar-refractivity contribution in [3.05, 3.63) is 242 Å². The summed E-state index contributed by atoms with van der Waals surface area (Å²) in [5, 5.41) is 16.2. The fourth-order valence-electron chi connectivity index (χ4n) is 8.32. The van der Waals surface area contributed by atoms with Gasteiger partial charge in [0.15, 0.2) is 0 Å². The summed E-state index contributed by atoms with van der Waals surface area (Å²) in [5.74, 6) is 0. The zero-order valence-corrected chi connectivity index (χ0v) is 48.1. The third-order valence-electron chi connectivity index (χ3n) is 11.0. The maximum Gasteiger partial charge on any atom is -0.0279 e. The monoisotopic (exact) mass is 1110 g/mol. The standard InChI is InChI=1S/2C16H13.2C13H9.2C2H6Si.2ClH.2Zr/c2*1-12-10-14-8-5-9-15(16(14)11-12)13-6-3-2-4-7-13;2*1-3-7-12-10(5-1)9-11-6-2-4-8-13(11)12;2*1-3-2;;;;/h2*2-11H,1H3;2*1-9H;2*1-2H3;2*1H;;/q4*-1;;;;;2*+2/p-2. The van der Waals surface area contributed by atoms with Crippen molar-refractivity contribution in [3.8, 4) is 22.3 Å². The van der Waals surface area contributed by atoms with E-state index in [4.69, 9.17) is 0 Å². The second-order valence-corrected chi connectivity index (χ2v) is 35.8. The molecule has 6 heteroatoms. The summed E-state index contributed by atoms with van der Waals surface area (Å²) < 4.78 is 0. The average Bonchev–Trinajstić information content (AvgIpc) is 4.11. The average molecular weight is 1110 g/mol. The smallest absolute Gasteiger partial charge is 0.0279 e. The van der Waals surface area contributed by atoms with Gasteiger partial charge in [-0.2, -0.15) is 12.1 Å². The van der Waals surface area contributed by atoms with Crippen molar-refractivity contribution in [3.63, 3.8) is 0 Å². The number of hydrogen-bond acceptors (Lipinski definition) is 0. The Hall–Kier alpha value is -4.50. The molecule has 12 aromatic rings. The van der Waals surface area contributed by atoms with E-state index in [1.807, 2.05) is 0 Å². The van der Waals surface area contributed by atoms with E-state index in [0.717, 1.165) is 0 Å². The zero-order chi connectivity index (χ0) is 46.4. The van der Waals surface area contributed by atoms with Crippen molar-refractivity contribution in [1.29, 1.82) is 0 Å². The molecule has 0 saturated carbocycles. The third-order valence-corrected chi connectivity index (χ3v) is 11.0. The van der Waals surface area contributed by atoms with E-state index in [0.29, 0.717) is 0 Å². The van der Waals surface area contributed by atoms with Crippen molar-refractivity contribution in [2.45, 2.75) is 40.0 Å². The van der Waals surface area contributed by atoms with E-state index in [2.05, 4.69) is 271 Å². The van der Waals surface area contributed by atoms with Crippen molar-refractivity contribution >= 4 is 75.5 Å². The van der Waals surface area contributed by atoms with Gasteiger partial charge in [-0.25, -0.2) is 0 Å². The SMILES string of the molecule is C[Si](C)=[Zr+2].C[Si](C)=[Zr+2].Cc1cc2c(-c3ccccc3)cccc2[cH-]1.Cc1cc2c(-c3ccccc3)cccc2[cH-]1.[Cl-].[Cl-].c1ccc2c(c1)[cH-]c1ccccc12.c1ccc2c(c1)[cH-]c1ccccc12. The first-order valence-electron chi connectivity index (χ1n) is 22.6. The molecule has 0 aromatic heterocycles. The number of halogens is 2. The maximum atomic E-state index is 2.31. The first kappa shape index (κ1) is 54.4. The van der Waals surface area contributed by atoms with Crippen LogP contribution in [0.3, 0.4) is 0 Å². The predicted molar refractivity (Wildman–Crippen MR) is 288 cm³/mol. The summed E-state index contributed by atoms with van der Waals surface area (Å²) in [7, 11) is 0. The molecule has 0 nitrogen and oxygen atoms in total. The minimum absolute atomic E-state index is 0. The molecule has 0 heterocycles. The Morgan fingerprint density at radius 3 is 0.824 bits per heavy atom. The molecular formula is C62H56Cl2Si2Zr2-2. The summed E-state index contributed by atoms with van der Waals surface area (Å²) in [4.78, 5) is 0. The van der Waals surface area contributed by atoms with Crippen LogP contribution in [0.4, 0.5) is 0 Å². The van der Waals surface area contributed by atoms with Gasteiger partial charge >= 0.3 is 83.7 Å². The van der Waals surface area contributed by atoms with Crippen LogP contribution in [0.25, 0.3) is 86.9 Å². The molecule has 0 saturated heterocycles. The summed E-state index contributed by atoms with van der Waals surface area (Å²) in [6.07, 6.45) is 0. The number of hydrogen-bond donors (Lipinski definition) is 0. The molecule has 0 spiro atoms. The van der Waals surface area contributed by atoms with Gasteiger partial charge in [0.05, 0.1) is 0 Å². The van der Waals surface area contributed by atoms with Crippen LogP contribution in [0.2, 0.25) is 26.2 Å². The molecule has 12 rings (SSSR count). The Labute approximate surface area is 446 Å². The molecule has 0 aliphatic carbocycles. The molecule has 0 fully saturated rings. The molecule has 0 atom stereocenters. The molecule has 0 amide bonds. The van der Waals surface area contributed by atoms with Gasteiger partial charge < -0.3 is 24.8 Å². The van der Waals surface area contributed by atoms with Crippen molar-refractivity contribution < 1.29 is 71.5 Å². The Morgan fingerprint density at radius 2 is 0.529 bits per heavy atom. The topological polar surface area (TPSA) is 0 Å². The van der Waals surface area contributed by atoms with Gasteiger partial charge in [0, 0.05) is 0 Å². The summed E-state index contributed by atoms with van der Waals surface area (Å²) in [5.41, 5.74) is 8.32. The Kier molecular flexibility index (Phi) is 21.6. The summed E-state index contributed by atoms with van der Waals surface area (Å²) in [6, 6.07) is 81.7. The van der Waals surface area contributed by atoms with Crippen LogP contribution < -0.4 is 24.8 Å². The van der Waals surface area contributed by atoms with E-state index in [1.54, 1.807) is 46.7 Å². The van der Waals surface area contributed by atoms with Gasteiger partial charge in [0.1, 0.15) is 0 Å². The van der Waals surface area contributed by atoms with Crippen LogP contribution in [0, 0.1) is 13.8 Å². The fraction of sp³-hybridized carbons (Fsp3) is 0.0968. The van der Waals surface area contributed by atoms with Crippen molar-refractivity contribution in [2.75, 3.05) is 0 Å². The Balaban J connectivity index is 0.000000160. The minimum atomic E-state index is 0. The number of aryl methyl sites for hydroxylation is 2. The maximum absolute atomic E-state index is 2.31. The molecule has 0 aliphatic rings.